The van der Waals surface area contributed by atoms with Crippen LogP contribution in [0.4, 0.5) is 0 Å². The van der Waals surface area contributed by atoms with E-state index in [9.17, 15) is 4.79 Å². The Kier molecular flexibility index (Phi) is 3.90. The summed E-state index contributed by atoms with van der Waals surface area (Å²) in [6, 6.07) is -0.481. The molecule has 2 rings (SSSR count). The van der Waals surface area contributed by atoms with Crippen LogP contribution in [0, 0.1) is 5.92 Å². The van der Waals surface area contributed by atoms with Gasteiger partial charge >= 0.3 is 0 Å². The maximum atomic E-state index is 12.2. The second-order valence-corrected chi connectivity index (χ2v) is 5.31. The van der Waals surface area contributed by atoms with Crippen LogP contribution >= 0.6 is 0 Å². The van der Waals surface area contributed by atoms with Crippen molar-refractivity contribution < 1.29 is 14.4 Å². The number of nitrogens with zero attached hydrogens (tertiary/aromatic N) is 2. The number of likely N-dealkylation sites (N-methyl/N-ethyl adjacent to an activating group) is 1. The van der Waals surface area contributed by atoms with Crippen LogP contribution in [0.25, 0.3) is 0 Å². The molecule has 1 fully saturated rings. The van der Waals surface area contributed by atoms with Crippen molar-refractivity contribution in [1.29, 1.82) is 0 Å². The van der Waals surface area contributed by atoms with Crippen molar-refractivity contribution in [2.75, 3.05) is 14.2 Å². The molecule has 1 amide bonds. The van der Waals surface area contributed by atoms with E-state index < -0.39 is 11.6 Å². The molecule has 0 aromatic carbocycles. The SMILES string of the molecule is CON(C)C(=O)[C@H]1N=CO[C@]1(C)C1CCCCC1. The van der Waals surface area contributed by atoms with Crippen LogP contribution in [-0.2, 0) is 14.4 Å². The fourth-order valence-corrected chi connectivity index (χ4v) is 2.98. The molecule has 1 saturated carbocycles. The molecular weight excluding hydrogens is 232 g/mol. The Hall–Kier alpha value is -1.10. The minimum atomic E-state index is -0.510. The second-order valence-electron chi connectivity index (χ2n) is 5.31. The Balaban J connectivity index is 2.13. The molecular formula is C13H22N2O3. The highest BCUT2D eigenvalue weighted by atomic mass is 16.7. The number of hydroxylamine groups is 2. The summed E-state index contributed by atoms with van der Waals surface area (Å²) >= 11 is 0. The van der Waals surface area contributed by atoms with Crippen LogP contribution in [0.5, 0.6) is 0 Å². The fourth-order valence-electron chi connectivity index (χ4n) is 2.98. The number of carbonyl (C=O) groups excluding carboxylic acids is 1. The van der Waals surface area contributed by atoms with Gasteiger partial charge in [0.2, 0.25) is 0 Å². The lowest BCUT2D eigenvalue weighted by Crippen LogP contribution is -2.52. The third-order valence-corrected chi connectivity index (χ3v) is 4.29. The number of hydrogen-bond donors (Lipinski definition) is 0. The van der Waals surface area contributed by atoms with Gasteiger partial charge in [0.25, 0.3) is 5.91 Å². The highest BCUT2D eigenvalue weighted by molar-refractivity contribution is 5.85. The number of amides is 1. The van der Waals surface area contributed by atoms with E-state index in [0.717, 1.165) is 12.8 Å². The highest BCUT2D eigenvalue weighted by Crippen LogP contribution is 2.40. The third-order valence-electron chi connectivity index (χ3n) is 4.29. The van der Waals surface area contributed by atoms with Crippen LogP contribution in [0.1, 0.15) is 39.0 Å². The first-order valence-electron chi connectivity index (χ1n) is 6.60. The van der Waals surface area contributed by atoms with Crippen molar-refractivity contribution in [2.45, 2.75) is 50.7 Å². The van der Waals surface area contributed by atoms with Gasteiger partial charge in [-0.1, -0.05) is 19.3 Å². The minimum absolute atomic E-state index is 0.140. The van der Waals surface area contributed by atoms with Gasteiger partial charge < -0.3 is 4.74 Å². The first kappa shape index (κ1) is 13.3. The molecule has 0 aromatic rings. The van der Waals surface area contributed by atoms with E-state index in [0.29, 0.717) is 5.92 Å². The van der Waals surface area contributed by atoms with Gasteiger partial charge in [0.05, 0.1) is 7.11 Å². The molecule has 2 atom stereocenters. The average molecular weight is 254 g/mol. The maximum Gasteiger partial charge on any atom is 0.274 e. The molecule has 18 heavy (non-hydrogen) atoms. The number of ether oxygens (including phenoxy) is 1. The second kappa shape index (κ2) is 5.26. The standard InChI is InChI=1S/C13H22N2O3/c1-13(10-7-5-4-6-8-10)11(14-9-18-13)12(16)15(2)17-3/h9-11H,4-8H2,1-3H3/t11-,13-/m1/s1. The zero-order valence-electron chi connectivity index (χ0n) is 11.4. The average Bonchev–Trinajstić information content (AvgIpc) is 2.81. The van der Waals surface area contributed by atoms with Gasteiger partial charge in [0.1, 0.15) is 5.60 Å². The molecule has 5 heteroatoms. The normalized spacial score (nSPS) is 32.3. The molecule has 0 radical (unpaired) electrons. The van der Waals surface area contributed by atoms with E-state index in [2.05, 4.69) is 4.99 Å². The van der Waals surface area contributed by atoms with Gasteiger partial charge in [-0.05, 0) is 19.8 Å². The summed E-state index contributed by atoms with van der Waals surface area (Å²) in [7, 11) is 3.09. The summed E-state index contributed by atoms with van der Waals surface area (Å²) in [5.74, 6) is 0.257. The van der Waals surface area contributed by atoms with Crippen LogP contribution < -0.4 is 0 Å². The largest absolute Gasteiger partial charge is 0.474 e. The van der Waals surface area contributed by atoms with Gasteiger partial charge in [-0.15, -0.1) is 0 Å². The van der Waals surface area contributed by atoms with Gasteiger partial charge in [-0.2, -0.15) is 0 Å². The van der Waals surface area contributed by atoms with Crippen LogP contribution in [0.3, 0.4) is 0 Å². The molecule has 102 valence electrons. The number of carbonyl (C=O) groups is 1. The van der Waals surface area contributed by atoms with Crippen molar-refractivity contribution in [3.8, 4) is 0 Å². The molecule has 1 aliphatic heterocycles. The van der Waals surface area contributed by atoms with Gasteiger partial charge in [0, 0.05) is 13.0 Å². The van der Waals surface area contributed by atoms with E-state index in [1.165, 1.54) is 37.8 Å². The van der Waals surface area contributed by atoms with E-state index in [1.807, 2.05) is 6.92 Å². The van der Waals surface area contributed by atoms with Crippen molar-refractivity contribution in [3.05, 3.63) is 0 Å². The Morgan fingerprint density at radius 1 is 1.44 bits per heavy atom. The van der Waals surface area contributed by atoms with Crippen molar-refractivity contribution >= 4 is 12.3 Å². The zero-order valence-corrected chi connectivity index (χ0v) is 11.4. The summed E-state index contributed by atoms with van der Waals surface area (Å²) in [5, 5.41) is 1.23. The summed E-state index contributed by atoms with van der Waals surface area (Å²) in [6.45, 7) is 2.00. The van der Waals surface area contributed by atoms with Crippen LogP contribution in [-0.4, -0.2) is 43.2 Å². The third kappa shape index (κ3) is 2.23. The molecule has 0 N–H and O–H groups in total. The molecule has 5 nitrogen and oxygen atoms in total. The quantitative estimate of drug-likeness (QED) is 0.721. The van der Waals surface area contributed by atoms with E-state index in [4.69, 9.17) is 9.57 Å². The Morgan fingerprint density at radius 3 is 2.72 bits per heavy atom. The Bertz CT molecular complexity index is 339. The van der Waals surface area contributed by atoms with Gasteiger partial charge in [-0.3, -0.25) is 9.63 Å². The van der Waals surface area contributed by atoms with E-state index >= 15 is 0 Å². The van der Waals surface area contributed by atoms with Gasteiger partial charge in [-0.25, -0.2) is 10.1 Å². The van der Waals surface area contributed by atoms with Crippen LogP contribution in [0.2, 0.25) is 0 Å². The number of aliphatic imine (C=N–C) groups is 1. The minimum Gasteiger partial charge on any atom is -0.474 e. The molecule has 0 unspecified atom stereocenters. The Morgan fingerprint density at radius 2 is 2.11 bits per heavy atom. The number of rotatable bonds is 3. The molecule has 0 bridgehead atoms. The van der Waals surface area contributed by atoms with Crippen molar-refractivity contribution in [3.63, 3.8) is 0 Å². The molecule has 0 spiro atoms. The number of hydrogen-bond acceptors (Lipinski definition) is 4. The smallest absolute Gasteiger partial charge is 0.274 e. The summed E-state index contributed by atoms with van der Waals surface area (Å²) in [6.07, 6.45) is 7.36. The van der Waals surface area contributed by atoms with Crippen molar-refractivity contribution in [1.82, 2.24) is 5.06 Å². The molecule has 1 heterocycles. The van der Waals surface area contributed by atoms with Crippen molar-refractivity contribution in [2.24, 2.45) is 10.9 Å². The van der Waals surface area contributed by atoms with E-state index in [1.54, 1.807) is 7.05 Å². The summed E-state index contributed by atoms with van der Waals surface area (Å²) in [5.41, 5.74) is -0.510. The highest BCUT2D eigenvalue weighted by Gasteiger charge is 2.50. The lowest BCUT2D eigenvalue weighted by Gasteiger charge is -2.39. The van der Waals surface area contributed by atoms with Gasteiger partial charge in [0.15, 0.2) is 12.4 Å². The Labute approximate surface area is 108 Å². The first-order chi connectivity index (χ1) is 8.59. The predicted molar refractivity (Wildman–Crippen MR) is 68.1 cm³/mol. The molecule has 0 saturated heterocycles. The lowest BCUT2D eigenvalue weighted by molar-refractivity contribution is -0.175. The molecule has 2 aliphatic rings. The lowest BCUT2D eigenvalue weighted by atomic mass is 9.74. The van der Waals surface area contributed by atoms with E-state index in [-0.39, 0.29) is 5.91 Å². The molecule has 1 aliphatic carbocycles. The summed E-state index contributed by atoms with van der Waals surface area (Å²) < 4.78 is 5.71. The molecule has 0 aromatic heterocycles. The predicted octanol–water partition coefficient (Wildman–Crippen LogP) is 1.77. The monoisotopic (exact) mass is 254 g/mol. The zero-order chi connectivity index (χ0) is 13.2. The maximum absolute atomic E-state index is 12.2. The fraction of sp³-hybridized carbons (Fsp3) is 0.846. The topological polar surface area (TPSA) is 51.1 Å². The van der Waals surface area contributed by atoms with Crippen LogP contribution in [0.15, 0.2) is 4.99 Å². The summed E-state index contributed by atoms with van der Waals surface area (Å²) in [4.78, 5) is 21.4. The first-order valence-corrected chi connectivity index (χ1v) is 6.60.